The van der Waals surface area contributed by atoms with E-state index in [2.05, 4.69) is 16.6 Å². The number of rotatable bonds is 6. The van der Waals surface area contributed by atoms with Crippen molar-refractivity contribution < 1.29 is 8.42 Å². The molecule has 0 aliphatic heterocycles. The first kappa shape index (κ1) is 16.5. The Bertz CT molecular complexity index is 930. The molecule has 0 radical (unpaired) electrons. The molecule has 124 valence electrons. The smallest absolute Gasteiger partial charge is 0.261 e. The predicted molar refractivity (Wildman–Crippen MR) is 97.6 cm³/mol. The monoisotopic (exact) mass is 340 g/mol. The molecule has 4 nitrogen and oxygen atoms in total. The third-order valence-electron chi connectivity index (χ3n) is 3.98. The number of unbranched alkanes of at least 4 members (excludes halogenated alkanes) is 1. The zero-order valence-electron chi connectivity index (χ0n) is 13.6. The molecule has 0 saturated carbocycles. The Morgan fingerprint density at radius 2 is 1.83 bits per heavy atom. The summed E-state index contributed by atoms with van der Waals surface area (Å²) in [7, 11) is -3.61. The summed E-state index contributed by atoms with van der Waals surface area (Å²) < 4.78 is 28.0. The van der Waals surface area contributed by atoms with Crippen LogP contribution in [0.15, 0.2) is 65.8 Å². The van der Waals surface area contributed by atoms with Gasteiger partial charge in [0.1, 0.15) is 0 Å². The number of nitrogens with one attached hydrogen (secondary N) is 1. The van der Waals surface area contributed by atoms with E-state index in [-0.39, 0.29) is 4.90 Å². The van der Waals surface area contributed by atoms with Crippen molar-refractivity contribution in [2.75, 3.05) is 4.72 Å². The average Bonchev–Trinajstić information content (AvgIpc) is 2.60. The predicted octanol–water partition coefficient (Wildman–Crippen LogP) is 4.38. The molecule has 1 N–H and O–H groups in total. The van der Waals surface area contributed by atoms with Crippen molar-refractivity contribution in [3.8, 4) is 0 Å². The number of fused-ring (bicyclic) bond motifs is 1. The van der Waals surface area contributed by atoms with Crippen LogP contribution in [-0.2, 0) is 16.4 Å². The molecule has 0 atom stereocenters. The minimum atomic E-state index is -3.61. The molecular weight excluding hydrogens is 320 g/mol. The molecule has 1 heterocycles. The summed E-state index contributed by atoms with van der Waals surface area (Å²) >= 11 is 0. The first-order valence-electron chi connectivity index (χ1n) is 8.04. The number of aryl methyl sites for hydroxylation is 1. The lowest BCUT2D eigenvalue weighted by atomic mass is 10.1. The molecule has 3 rings (SSSR count). The van der Waals surface area contributed by atoms with Crippen LogP contribution in [0.3, 0.4) is 0 Å². The highest BCUT2D eigenvalue weighted by atomic mass is 32.2. The Morgan fingerprint density at radius 3 is 2.58 bits per heavy atom. The Balaban J connectivity index is 1.88. The van der Waals surface area contributed by atoms with E-state index in [1.165, 1.54) is 0 Å². The van der Waals surface area contributed by atoms with Gasteiger partial charge in [-0.05, 0) is 42.7 Å². The van der Waals surface area contributed by atoms with E-state index in [4.69, 9.17) is 0 Å². The summed E-state index contributed by atoms with van der Waals surface area (Å²) in [5, 5.41) is 1.73. The third-order valence-corrected chi connectivity index (χ3v) is 5.36. The highest BCUT2D eigenvalue weighted by Gasteiger charge is 2.15. The molecule has 0 aliphatic carbocycles. The van der Waals surface area contributed by atoms with Crippen molar-refractivity contribution >= 4 is 26.5 Å². The molecule has 0 aliphatic rings. The maximum atomic E-state index is 12.6. The van der Waals surface area contributed by atoms with Crippen LogP contribution in [0.1, 0.15) is 25.3 Å². The van der Waals surface area contributed by atoms with Gasteiger partial charge in [0.2, 0.25) is 0 Å². The average molecular weight is 340 g/mol. The van der Waals surface area contributed by atoms with Crippen LogP contribution in [0, 0.1) is 0 Å². The van der Waals surface area contributed by atoms with Crippen LogP contribution in [0.4, 0.5) is 5.69 Å². The molecule has 0 unspecified atom stereocenters. The highest BCUT2D eigenvalue weighted by Crippen LogP contribution is 2.25. The number of benzene rings is 2. The molecule has 0 spiro atoms. The van der Waals surface area contributed by atoms with Gasteiger partial charge < -0.3 is 0 Å². The summed E-state index contributed by atoms with van der Waals surface area (Å²) in [4.78, 5) is 4.34. The van der Waals surface area contributed by atoms with E-state index >= 15 is 0 Å². The molecule has 0 amide bonds. The van der Waals surface area contributed by atoms with Crippen molar-refractivity contribution in [3.63, 3.8) is 0 Å². The minimum Gasteiger partial charge on any atom is -0.279 e. The van der Waals surface area contributed by atoms with E-state index < -0.39 is 10.0 Å². The van der Waals surface area contributed by atoms with Crippen molar-refractivity contribution in [1.29, 1.82) is 0 Å². The summed E-state index contributed by atoms with van der Waals surface area (Å²) in [5.41, 5.74) is 1.72. The van der Waals surface area contributed by atoms with E-state index in [1.54, 1.807) is 36.7 Å². The number of pyridine rings is 1. The Morgan fingerprint density at radius 1 is 1.04 bits per heavy atom. The van der Waals surface area contributed by atoms with Gasteiger partial charge in [0.05, 0.1) is 10.6 Å². The molecule has 0 fully saturated rings. The minimum absolute atomic E-state index is 0.272. The van der Waals surface area contributed by atoms with E-state index in [0.29, 0.717) is 5.69 Å². The lowest BCUT2D eigenvalue weighted by Crippen LogP contribution is -2.13. The van der Waals surface area contributed by atoms with Gasteiger partial charge in [-0.2, -0.15) is 0 Å². The molecule has 5 heteroatoms. The lowest BCUT2D eigenvalue weighted by molar-refractivity contribution is 0.601. The fourth-order valence-corrected chi connectivity index (χ4v) is 3.71. The van der Waals surface area contributed by atoms with Crippen molar-refractivity contribution in [3.05, 3.63) is 66.5 Å². The number of anilines is 1. The van der Waals surface area contributed by atoms with Crippen LogP contribution in [-0.4, -0.2) is 13.4 Å². The SMILES string of the molecule is CCCCc1ccc(S(=O)(=O)Nc2cccc3cnccc23)cc1. The van der Waals surface area contributed by atoms with Crippen molar-refractivity contribution in [2.24, 2.45) is 0 Å². The fraction of sp³-hybridized carbons (Fsp3) is 0.211. The van der Waals surface area contributed by atoms with Crippen molar-refractivity contribution in [1.82, 2.24) is 4.98 Å². The number of hydrogen-bond acceptors (Lipinski definition) is 3. The molecule has 3 aromatic rings. The van der Waals surface area contributed by atoms with E-state index in [1.807, 2.05) is 24.3 Å². The topological polar surface area (TPSA) is 59.1 Å². The summed E-state index contributed by atoms with van der Waals surface area (Å²) in [6, 6.07) is 14.4. The number of nitrogens with zero attached hydrogens (tertiary/aromatic N) is 1. The fourth-order valence-electron chi connectivity index (χ4n) is 2.63. The quantitative estimate of drug-likeness (QED) is 0.724. The number of aromatic nitrogens is 1. The van der Waals surface area contributed by atoms with Gasteiger partial charge in [0, 0.05) is 23.2 Å². The summed E-state index contributed by atoms with van der Waals surface area (Å²) in [6.07, 6.45) is 6.57. The first-order valence-corrected chi connectivity index (χ1v) is 9.53. The Hall–Kier alpha value is -2.40. The van der Waals surface area contributed by atoms with Crippen LogP contribution in [0.5, 0.6) is 0 Å². The maximum Gasteiger partial charge on any atom is 0.261 e. The lowest BCUT2D eigenvalue weighted by Gasteiger charge is -2.11. The summed E-state index contributed by atoms with van der Waals surface area (Å²) in [6.45, 7) is 2.14. The normalized spacial score (nSPS) is 11.5. The molecule has 0 bridgehead atoms. The van der Waals surface area contributed by atoms with Crippen LogP contribution in [0.25, 0.3) is 10.8 Å². The maximum absolute atomic E-state index is 12.6. The zero-order chi connectivity index (χ0) is 17.0. The highest BCUT2D eigenvalue weighted by molar-refractivity contribution is 7.92. The molecule has 1 aromatic heterocycles. The van der Waals surface area contributed by atoms with Gasteiger partial charge in [-0.1, -0.05) is 37.6 Å². The zero-order valence-corrected chi connectivity index (χ0v) is 14.4. The van der Waals surface area contributed by atoms with Crippen molar-refractivity contribution in [2.45, 2.75) is 31.1 Å². The van der Waals surface area contributed by atoms with Gasteiger partial charge in [-0.15, -0.1) is 0 Å². The van der Waals surface area contributed by atoms with Gasteiger partial charge >= 0.3 is 0 Å². The summed E-state index contributed by atoms with van der Waals surface area (Å²) in [5.74, 6) is 0. The van der Waals surface area contributed by atoms with Crippen LogP contribution >= 0.6 is 0 Å². The Labute approximate surface area is 142 Å². The van der Waals surface area contributed by atoms with Crippen LogP contribution < -0.4 is 4.72 Å². The largest absolute Gasteiger partial charge is 0.279 e. The van der Waals surface area contributed by atoms with Gasteiger partial charge in [0.25, 0.3) is 10.0 Å². The van der Waals surface area contributed by atoms with Gasteiger partial charge in [0.15, 0.2) is 0 Å². The third kappa shape index (κ3) is 3.57. The second kappa shape index (κ2) is 7.01. The standard InChI is InChI=1S/C19H20N2O2S/c1-2-3-5-15-8-10-17(11-9-15)24(22,23)21-19-7-4-6-16-14-20-13-12-18(16)19/h4,6-14,21H,2-3,5H2,1H3. The molecular formula is C19H20N2O2S. The van der Waals surface area contributed by atoms with E-state index in [0.717, 1.165) is 35.6 Å². The number of hydrogen-bond donors (Lipinski definition) is 1. The second-order valence-electron chi connectivity index (χ2n) is 5.76. The Kier molecular flexibility index (Phi) is 4.81. The van der Waals surface area contributed by atoms with E-state index in [9.17, 15) is 8.42 Å². The molecule has 2 aromatic carbocycles. The number of sulfonamides is 1. The van der Waals surface area contributed by atoms with Crippen LogP contribution in [0.2, 0.25) is 0 Å². The van der Waals surface area contributed by atoms with Gasteiger partial charge in [-0.25, -0.2) is 8.42 Å². The first-order chi connectivity index (χ1) is 11.6. The van der Waals surface area contributed by atoms with Gasteiger partial charge in [-0.3, -0.25) is 9.71 Å². The molecule has 24 heavy (non-hydrogen) atoms. The second-order valence-corrected chi connectivity index (χ2v) is 7.44. The molecule has 0 saturated heterocycles.